The lowest BCUT2D eigenvalue weighted by molar-refractivity contribution is 0.0519. The van der Waals surface area contributed by atoms with E-state index in [2.05, 4.69) is 12.1 Å². The van der Waals surface area contributed by atoms with Crippen molar-refractivity contribution in [1.82, 2.24) is 8.80 Å². The molecule has 35 heavy (non-hydrogen) atoms. The molecule has 0 unspecified atom stereocenters. The maximum Gasteiger partial charge on any atom is 0.340 e. The number of pyridine rings is 2. The molecular formula is C29H26N2O4. The third-order valence-corrected chi connectivity index (χ3v) is 6.13. The molecule has 176 valence electrons. The van der Waals surface area contributed by atoms with E-state index >= 15 is 0 Å². The highest BCUT2D eigenvalue weighted by Crippen LogP contribution is 2.37. The third kappa shape index (κ3) is 3.97. The summed E-state index contributed by atoms with van der Waals surface area (Å²) in [7, 11) is 0. The summed E-state index contributed by atoms with van der Waals surface area (Å²) in [5.74, 6) is -0.990. The Morgan fingerprint density at radius 3 is 1.60 bits per heavy atom. The molecule has 0 radical (unpaired) electrons. The number of rotatable bonds is 7. The van der Waals surface area contributed by atoms with E-state index in [9.17, 15) is 9.59 Å². The number of esters is 2. The van der Waals surface area contributed by atoms with Crippen molar-refractivity contribution in [2.45, 2.75) is 19.8 Å². The van der Waals surface area contributed by atoms with Crippen LogP contribution in [-0.4, -0.2) is 34.0 Å². The molecule has 4 heterocycles. The Labute approximate surface area is 203 Å². The highest BCUT2D eigenvalue weighted by Gasteiger charge is 2.28. The van der Waals surface area contributed by atoms with Crippen molar-refractivity contribution in [3.05, 3.63) is 119 Å². The van der Waals surface area contributed by atoms with E-state index < -0.39 is 0 Å². The van der Waals surface area contributed by atoms with Crippen LogP contribution in [0.25, 0.3) is 11.0 Å². The Kier molecular flexibility index (Phi) is 6.10. The lowest BCUT2D eigenvalue weighted by atomic mass is 9.92. The SMILES string of the molecule is CCOC(=O)c1cc(C(c2ccccc2)c2cc(C(=O)OCC)c3ccccn23)n2ccccc12. The van der Waals surface area contributed by atoms with Gasteiger partial charge < -0.3 is 18.3 Å². The quantitative estimate of drug-likeness (QED) is 0.288. The van der Waals surface area contributed by atoms with Gasteiger partial charge in [-0.2, -0.15) is 0 Å². The van der Waals surface area contributed by atoms with Crippen LogP contribution >= 0.6 is 0 Å². The summed E-state index contributed by atoms with van der Waals surface area (Å²) < 4.78 is 14.8. The van der Waals surface area contributed by atoms with Crippen LogP contribution in [0.1, 0.15) is 57.4 Å². The van der Waals surface area contributed by atoms with Gasteiger partial charge in [0.05, 0.1) is 41.3 Å². The van der Waals surface area contributed by atoms with E-state index in [1.54, 1.807) is 13.8 Å². The molecule has 0 spiro atoms. The van der Waals surface area contributed by atoms with Crippen molar-refractivity contribution in [2.24, 2.45) is 0 Å². The second-order valence-electron chi connectivity index (χ2n) is 8.16. The Hall–Kier alpha value is -4.32. The standard InChI is InChI=1S/C29H26N2O4/c1-3-34-28(32)21-18-25(30-16-10-8-14-23(21)30)27(20-12-6-5-7-13-20)26-19-22(29(33)35-4-2)24-15-9-11-17-31(24)26/h5-19,27H,3-4H2,1-2H3. The molecule has 4 aromatic heterocycles. The number of nitrogens with zero attached hydrogens (tertiary/aromatic N) is 2. The summed E-state index contributed by atoms with van der Waals surface area (Å²) in [6.07, 6.45) is 3.90. The number of carbonyl (C=O) groups excluding carboxylic acids is 2. The molecular weight excluding hydrogens is 440 g/mol. The van der Waals surface area contributed by atoms with E-state index in [1.165, 1.54) is 0 Å². The number of benzene rings is 1. The second kappa shape index (κ2) is 9.50. The van der Waals surface area contributed by atoms with Crippen LogP contribution in [0.3, 0.4) is 0 Å². The predicted octanol–water partition coefficient (Wildman–Crippen LogP) is 5.73. The molecule has 0 aliphatic rings. The summed E-state index contributed by atoms with van der Waals surface area (Å²) in [5.41, 5.74) is 5.39. The highest BCUT2D eigenvalue weighted by atomic mass is 16.5. The molecule has 5 rings (SSSR count). The van der Waals surface area contributed by atoms with Crippen molar-refractivity contribution in [1.29, 1.82) is 0 Å². The van der Waals surface area contributed by atoms with Crippen molar-refractivity contribution in [3.8, 4) is 0 Å². The third-order valence-electron chi connectivity index (χ3n) is 6.13. The Bertz CT molecular complexity index is 1420. The molecule has 0 saturated carbocycles. The molecule has 0 aliphatic heterocycles. The van der Waals surface area contributed by atoms with Crippen molar-refractivity contribution < 1.29 is 19.1 Å². The zero-order chi connectivity index (χ0) is 24.4. The number of hydrogen-bond acceptors (Lipinski definition) is 4. The Morgan fingerprint density at radius 2 is 1.14 bits per heavy atom. The molecule has 6 nitrogen and oxygen atoms in total. The van der Waals surface area contributed by atoms with Crippen LogP contribution in [0.15, 0.2) is 91.3 Å². The van der Waals surface area contributed by atoms with E-state index in [0.717, 1.165) is 28.0 Å². The van der Waals surface area contributed by atoms with Gasteiger partial charge in [0.15, 0.2) is 0 Å². The summed E-state index contributed by atoms with van der Waals surface area (Å²) in [6.45, 7) is 4.19. The molecule has 0 amide bonds. The van der Waals surface area contributed by atoms with Crippen LogP contribution in [0.4, 0.5) is 0 Å². The minimum Gasteiger partial charge on any atom is -0.462 e. The Balaban J connectivity index is 1.80. The van der Waals surface area contributed by atoms with Gasteiger partial charge in [0.2, 0.25) is 0 Å². The molecule has 5 aromatic rings. The number of carbonyl (C=O) groups is 2. The summed E-state index contributed by atoms with van der Waals surface area (Å²) in [4.78, 5) is 25.7. The zero-order valence-corrected chi connectivity index (χ0v) is 19.7. The Morgan fingerprint density at radius 1 is 0.686 bits per heavy atom. The first-order chi connectivity index (χ1) is 17.1. The molecule has 0 fully saturated rings. The molecule has 0 N–H and O–H groups in total. The van der Waals surface area contributed by atoms with E-state index in [1.807, 2.05) is 87.9 Å². The lowest BCUT2D eigenvalue weighted by Crippen LogP contribution is -2.09. The van der Waals surface area contributed by atoms with Gasteiger partial charge in [-0.3, -0.25) is 0 Å². The van der Waals surface area contributed by atoms with Gasteiger partial charge in [0.25, 0.3) is 0 Å². The number of aromatic nitrogens is 2. The van der Waals surface area contributed by atoms with Crippen LogP contribution < -0.4 is 0 Å². The smallest absolute Gasteiger partial charge is 0.340 e. The van der Waals surface area contributed by atoms with Crippen LogP contribution in [0.5, 0.6) is 0 Å². The lowest BCUT2D eigenvalue weighted by Gasteiger charge is -2.19. The minimum absolute atomic E-state index is 0.271. The number of fused-ring (bicyclic) bond motifs is 2. The van der Waals surface area contributed by atoms with Crippen molar-refractivity contribution in [2.75, 3.05) is 13.2 Å². The fourth-order valence-electron chi connectivity index (χ4n) is 4.69. The summed E-state index contributed by atoms with van der Waals surface area (Å²) in [6, 6.07) is 25.4. The molecule has 0 atom stereocenters. The van der Waals surface area contributed by atoms with E-state index in [4.69, 9.17) is 9.47 Å². The summed E-state index contributed by atoms with van der Waals surface area (Å²) >= 11 is 0. The van der Waals surface area contributed by atoms with Crippen molar-refractivity contribution >= 4 is 23.0 Å². The van der Waals surface area contributed by atoms with Crippen LogP contribution in [0.2, 0.25) is 0 Å². The first kappa shape index (κ1) is 22.5. The highest BCUT2D eigenvalue weighted by molar-refractivity contribution is 5.99. The van der Waals surface area contributed by atoms with Gasteiger partial charge in [-0.25, -0.2) is 9.59 Å². The first-order valence-electron chi connectivity index (χ1n) is 11.7. The largest absolute Gasteiger partial charge is 0.462 e. The van der Waals surface area contributed by atoms with E-state index in [0.29, 0.717) is 24.3 Å². The molecule has 1 aromatic carbocycles. The normalized spacial score (nSPS) is 11.3. The van der Waals surface area contributed by atoms with Crippen molar-refractivity contribution in [3.63, 3.8) is 0 Å². The fraction of sp³-hybridized carbons (Fsp3) is 0.172. The molecule has 0 aliphatic carbocycles. The first-order valence-corrected chi connectivity index (χ1v) is 11.7. The maximum atomic E-state index is 12.8. The second-order valence-corrected chi connectivity index (χ2v) is 8.16. The minimum atomic E-state index is -0.360. The topological polar surface area (TPSA) is 61.4 Å². The van der Waals surface area contributed by atoms with Gasteiger partial charge in [-0.1, -0.05) is 42.5 Å². The number of ether oxygens (including phenoxy) is 2. The molecule has 0 saturated heterocycles. The summed E-state index contributed by atoms with van der Waals surface area (Å²) in [5, 5.41) is 0. The molecule has 6 heteroatoms. The number of hydrogen-bond donors (Lipinski definition) is 0. The van der Waals surface area contributed by atoms with Gasteiger partial charge in [-0.05, 0) is 55.8 Å². The van der Waals surface area contributed by atoms with Gasteiger partial charge in [0.1, 0.15) is 0 Å². The van der Waals surface area contributed by atoms with Gasteiger partial charge >= 0.3 is 11.9 Å². The average Bonchev–Trinajstić information content (AvgIpc) is 3.45. The maximum absolute atomic E-state index is 12.8. The molecule has 0 bridgehead atoms. The fourth-order valence-corrected chi connectivity index (χ4v) is 4.69. The monoisotopic (exact) mass is 466 g/mol. The van der Waals surface area contributed by atoms with Crippen LogP contribution in [0, 0.1) is 0 Å². The van der Waals surface area contributed by atoms with Crippen LogP contribution in [-0.2, 0) is 9.47 Å². The van der Waals surface area contributed by atoms with Gasteiger partial charge in [-0.15, -0.1) is 0 Å². The average molecular weight is 467 g/mol. The zero-order valence-electron chi connectivity index (χ0n) is 19.7. The van der Waals surface area contributed by atoms with E-state index in [-0.39, 0.29) is 17.9 Å². The van der Waals surface area contributed by atoms with Gasteiger partial charge in [0, 0.05) is 23.8 Å². The predicted molar refractivity (Wildman–Crippen MR) is 134 cm³/mol.